The Morgan fingerprint density at radius 1 is 1.32 bits per heavy atom. The summed E-state index contributed by atoms with van der Waals surface area (Å²) in [6, 6.07) is 8.57. The van der Waals surface area contributed by atoms with Gasteiger partial charge in [-0.05, 0) is 35.6 Å². The molecule has 0 aliphatic carbocycles. The van der Waals surface area contributed by atoms with Crippen LogP contribution in [0.5, 0.6) is 0 Å². The molecule has 2 aromatic rings. The molecule has 0 fully saturated rings. The van der Waals surface area contributed by atoms with Crippen LogP contribution in [0.3, 0.4) is 0 Å². The molecule has 1 aromatic carbocycles. The lowest BCUT2D eigenvalue weighted by molar-refractivity contribution is 0.134. The van der Waals surface area contributed by atoms with Crippen LogP contribution < -0.4 is 5.73 Å². The minimum atomic E-state index is 0.0702. The molecule has 19 heavy (non-hydrogen) atoms. The Bertz CT molecular complexity index is 577. The van der Waals surface area contributed by atoms with E-state index < -0.39 is 0 Å². The van der Waals surface area contributed by atoms with Crippen molar-refractivity contribution in [2.45, 2.75) is 32.1 Å². The van der Waals surface area contributed by atoms with E-state index in [0.29, 0.717) is 0 Å². The number of aryl methyl sites for hydroxylation is 2. The Kier molecular flexibility index (Phi) is 3.36. The van der Waals surface area contributed by atoms with Crippen LogP contribution in [0.1, 0.15) is 34.8 Å². The van der Waals surface area contributed by atoms with E-state index in [9.17, 15) is 0 Å². The standard InChI is InChI=1S/C15H19N3O/c1-18-14(6-7-17-18)4-5-15(16)11-2-3-12-9-19-10-13(12)8-11/h2-3,6-8,15H,4-5,9-10,16H2,1H3. The number of nitrogens with zero attached hydrogens (tertiary/aromatic N) is 2. The molecule has 3 rings (SSSR count). The van der Waals surface area contributed by atoms with Gasteiger partial charge in [0.2, 0.25) is 0 Å². The van der Waals surface area contributed by atoms with Gasteiger partial charge >= 0.3 is 0 Å². The number of nitrogens with two attached hydrogens (primary N) is 1. The molecule has 1 unspecified atom stereocenters. The van der Waals surface area contributed by atoms with Gasteiger partial charge in [0.25, 0.3) is 0 Å². The highest BCUT2D eigenvalue weighted by Crippen LogP contribution is 2.24. The lowest BCUT2D eigenvalue weighted by Crippen LogP contribution is -2.12. The topological polar surface area (TPSA) is 53.1 Å². The summed E-state index contributed by atoms with van der Waals surface area (Å²) in [5.41, 5.74) is 11.3. The van der Waals surface area contributed by atoms with Crippen molar-refractivity contribution in [1.82, 2.24) is 9.78 Å². The Balaban J connectivity index is 1.67. The van der Waals surface area contributed by atoms with Crippen molar-refractivity contribution in [3.8, 4) is 0 Å². The number of benzene rings is 1. The molecule has 4 nitrogen and oxygen atoms in total. The van der Waals surface area contributed by atoms with E-state index in [1.807, 2.05) is 24.0 Å². The SMILES string of the molecule is Cn1nccc1CCC(N)c1ccc2c(c1)COC2. The molecule has 1 aromatic heterocycles. The highest BCUT2D eigenvalue weighted by molar-refractivity contribution is 5.34. The molecular formula is C15H19N3O. The Morgan fingerprint density at radius 3 is 2.95 bits per heavy atom. The third kappa shape index (κ3) is 2.55. The van der Waals surface area contributed by atoms with Crippen LogP contribution in [0, 0.1) is 0 Å². The molecule has 1 aliphatic heterocycles. The third-order valence-electron chi connectivity index (χ3n) is 3.81. The van der Waals surface area contributed by atoms with Gasteiger partial charge in [-0.2, -0.15) is 5.10 Å². The second-order valence-electron chi connectivity index (χ2n) is 5.11. The first kappa shape index (κ1) is 12.4. The lowest BCUT2D eigenvalue weighted by atomic mass is 9.98. The molecule has 100 valence electrons. The zero-order valence-corrected chi connectivity index (χ0v) is 11.2. The first-order valence-corrected chi connectivity index (χ1v) is 6.66. The molecule has 0 bridgehead atoms. The minimum absolute atomic E-state index is 0.0702. The number of hydrogen-bond acceptors (Lipinski definition) is 3. The van der Waals surface area contributed by atoms with E-state index in [4.69, 9.17) is 10.5 Å². The molecular weight excluding hydrogens is 238 g/mol. The van der Waals surface area contributed by atoms with Crippen LogP contribution in [-0.4, -0.2) is 9.78 Å². The molecule has 0 saturated heterocycles. The Hall–Kier alpha value is -1.65. The van der Waals surface area contributed by atoms with Crippen molar-refractivity contribution in [1.29, 1.82) is 0 Å². The van der Waals surface area contributed by atoms with Crippen LogP contribution in [0.15, 0.2) is 30.5 Å². The quantitative estimate of drug-likeness (QED) is 0.912. The molecule has 4 heteroatoms. The summed E-state index contributed by atoms with van der Waals surface area (Å²) in [6.07, 6.45) is 3.71. The van der Waals surface area contributed by atoms with E-state index in [2.05, 4.69) is 23.3 Å². The second-order valence-corrected chi connectivity index (χ2v) is 5.11. The van der Waals surface area contributed by atoms with E-state index in [1.165, 1.54) is 22.4 Å². The van der Waals surface area contributed by atoms with E-state index in [-0.39, 0.29) is 6.04 Å². The van der Waals surface area contributed by atoms with Crippen molar-refractivity contribution >= 4 is 0 Å². The second kappa shape index (κ2) is 5.15. The molecule has 0 amide bonds. The van der Waals surface area contributed by atoms with Crippen LogP contribution in [-0.2, 0) is 31.4 Å². The van der Waals surface area contributed by atoms with Gasteiger partial charge in [-0.15, -0.1) is 0 Å². The Morgan fingerprint density at radius 2 is 2.16 bits per heavy atom. The van der Waals surface area contributed by atoms with Crippen LogP contribution in [0.25, 0.3) is 0 Å². The van der Waals surface area contributed by atoms with Crippen LogP contribution in [0.4, 0.5) is 0 Å². The predicted molar refractivity (Wildman–Crippen MR) is 73.4 cm³/mol. The number of rotatable bonds is 4. The average molecular weight is 257 g/mol. The molecule has 1 atom stereocenters. The average Bonchev–Trinajstić information content (AvgIpc) is 3.03. The first-order valence-electron chi connectivity index (χ1n) is 6.66. The van der Waals surface area contributed by atoms with Gasteiger partial charge < -0.3 is 10.5 Å². The van der Waals surface area contributed by atoms with Crippen molar-refractivity contribution < 1.29 is 4.74 Å². The zero-order valence-electron chi connectivity index (χ0n) is 11.2. The van der Waals surface area contributed by atoms with Crippen molar-refractivity contribution in [3.05, 3.63) is 52.8 Å². The highest BCUT2D eigenvalue weighted by atomic mass is 16.5. The lowest BCUT2D eigenvalue weighted by Gasteiger charge is -2.13. The van der Waals surface area contributed by atoms with Gasteiger partial charge in [0.05, 0.1) is 13.2 Å². The van der Waals surface area contributed by atoms with E-state index in [0.717, 1.165) is 26.1 Å². The molecule has 0 spiro atoms. The maximum Gasteiger partial charge on any atom is 0.0725 e. The predicted octanol–water partition coefficient (Wildman–Crippen LogP) is 2.08. The number of fused-ring (bicyclic) bond motifs is 1. The molecule has 2 N–H and O–H groups in total. The summed E-state index contributed by atoms with van der Waals surface area (Å²) >= 11 is 0. The van der Waals surface area contributed by atoms with Crippen LogP contribution in [0.2, 0.25) is 0 Å². The molecule has 1 aliphatic rings. The van der Waals surface area contributed by atoms with Crippen molar-refractivity contribution in [2.75, 3.05) is 0 Å². The maximum atomic E-state index is 6.29. The highest BCUT2D eigenvalue weighted by Gasteiger charge is 2.14. The summed E-state index contributed by atoms with van der Waals surface area (Å²) in [6.45, 7) is 1.46. The van der Waals surface area contributed by atoms with Gasteiger partial charge in [0, 0.05) is 25.0 Å². The van der Waals surface area contributed by atoms with E-state index in [1.54, 1.807) is 0 Å². The van der Waals surface area contributed by atoms with Gasteiger partial charge in [-0.25, -0.2) is 0 Å². The van der Waals surface area contributed by atoms with Crippen molar-refractivity contribution in [2.24, 2.45) is 12.8 Å². The fourth-order valence-corrected chi connectivity index (χ4v) is 2.54. The van der Waals surface area contributed by atoms with Gasteiger partial charge in [-0.3, -0.25) is 4.68 Å². The number of hydrogen-bond donors (Lipinski definition) is 1. The Labute approximate surface area is 113 Å². The number of aromatic nitrogens is 2. The largest absolute Gasteiger partial charge is 0.372 e. The monoisotopic (exact) mass is 257 g/mol. The summed E-state index contributed by atoms with van der Waals surface area (Å²) in [5.74, 6) is 0. The fraction of sp³-hybridized carbons (Fsp3) is 0.400. The maximum absolute atomic E-state index is 6.29. The molecule has 2 heterocycles. The summed E-state index contributed by atoms with van der Waals surface area (Å²) < 4.78 is 7.34. The molecule has 0 radical (unpaired) electrons. The first-order chi connectivity index (χ1) is 9.24. The minimum Gasteiger partial charge on any atom is -0.372 e. The van der Waals surface area contributed by atoms with Crippen LogP contribution >= 0.6 is 0 Å². The summed E-state index contributed by atoms with van der Waals surface area (Å²) in [5, 5.41) is 4.17. The molecule has 0 saturated carbocycles. The summed E-state index contributed by atoms with van der Waals surface area (Å²) in [4.78, 5) is 0. The third-order valence-corrected chi connectivity index (χ3v) is 3.81. The van der Waals surface area contributed by atoms with E-state index >= 15 is 0 Å². The van der Waals surface area contributed by atoms with Gasteiger partial charge in [0.1, 0.15) is 0 Å². The fourth-order valence-electron chi connectivity index (χ4n) is 2.54. The summed E-state index contributed by atoms with van der Waals surface area (Å²) in [7, 11) is 1.97. The number of ether oxygens (including phenoxy) is 1. The smallest absolute Gasteiger partial charge is 0.0725 e. The zero-order chi connectivity index (χ0) is 13.2. The van der Waals surface area contributed by atoms with Crippen molar-refractivity contribution in [3.63, 3.8) is 0 Å². The van der Waals surface area contributed by atoms with Gasteiger partial charge in [0.15, 0.2) is 0 Å². The van der Waals surface area contributed by atoms with Gasteiger partial charge in [-0.1, -0.05) is 18.2 Å². The normalized spacial score (nSPS) is 15.5.